The average Bonchev–Trinajstić information content (AvgIpc) is 3.07. The number of rotatable bonds is 5. The van der Waals surface area contributed by atoms with Gasteiger partial charge in [-0.3, -0.25) is 4.72 Å². The Morgan fingerprint density at radius 3 is 2.38 bits per heavy atom. The van der Waals surface area contributed by atoms with Gasteiger partial charge in [-0.2, -0.15) is 0 Å². The molecule has 2 aromatic heterocycles. The van der Waals surface area contributed by atoms with Gasteiger partial charge in [0.15, 0.2) is 11.6 Å². The van der Waals surface area contributed by atoms with E-state index in [0.717, 1.165) is 23.5 Å². The number of anilines is 3. The third-order valence-electron chi connectivity index (χ3n) is 2.86. The molecule has 6 nitrogen and oxygen atoms in total. The fourth-order valence-electron chi connectivity index (χ4n) is 1.79. The Bertz CT molecular complexity index is 945. The first-order valence-electron chi connectivity index (χ1n) is 6.56. The summed E-state index contributed by atoms with van der Waals surface area (Å²) in [6.07, 6.45) is 0. The SMILES string of the molecule is O=S(=O)(Nc1ccc(Nc2ccc(F)cc2F)nn1)c1cccs1. The van der Waals surface area contributed by atoms with Crippen molar-refractivity contribution in [2.45, 2.75) is 4.21 Å². The minimum Gasteiger partial charge on any atom is -0.336 e. The normalized spacial score (nSPS) is 11.2. The van der Waals surface area contributed by atoms with Crippen LogP contribution in [0.15, 0.2) is 52.1 Å². The number of thiophene rings is 1. The third kappa shape index (κ3) is 3.66. The third-order valence-corrected chi connectivity index (χ3v) is 5.61. The summed E-state index contributed by atoms with van der Waals surface area (Å²) in [5.41, 5.74) is 0.0256. The Morgan fingerprint density at radius 2 is 1.75 bits per heavy atom. The molecule has 0 bridgehead atoms. The average molecular weight is 368 g/mol. The number of halogens is 2. The molecule has 0 aliphatic carbocycles. The van der Waals surface area contributed by atoms with Crippen LogP contribution in [0.3, 0.4) is 0 Å². The molecule has 0 saturated carbocycles. The fourth-order valence-corrected chi connectivity index (χ4v) is 3.78. The van der Waals surface area contributed by atoms with Gasteiger partial charge >= 0.3 is 0 Å². The molecular formula is C14H10F2N4O2S2. The van der Waals surface area contributed by atoms with Crippen molar-refractivity contribution in [3.8, 4) is 0 Å². The maximum atomic E-state index is 13.6. The molecule has 0 fully saturated rings. The van der Waals surface area contributed by atoms with Crippen molar-refractivity contribution >= 4 is 38.7 Å². The van der Waals surface area contributed by atoms with E-state index in [1.807, 2.05) is 0 Å². The number of sulfonamides is 1. The molecule has 1 aromatic carbocycles. The molecule has 2 N–H and O–H groups in total. The van der Waals surface area contributed by atoms with Crippen LogP contribution in [0.5, 0.6) is 0 Å². The highest BCUT2D eigenvalue weighted by atomic mass is 32.2. The maximum Gasteiger partial charge on any atom is 0.272 e. The summed E-state index contributed by atoms with van der Waals surface area (Å²) in [5, 5.41) is 11.8. The topological polar surface area (TPSA) is 84.0 Å². The monoisotopic (exact) mass is 368 g/mol. The lowest BCUT2D eigenvalue weighted by molar-refractivity contribution is 0.586. The van der Waals surface area contributed by atoms with Gasteiger partial charge in [0, 0.05) is 6.07 Å². The molecule has 0 spiro atoms. The Kier molecular flexibility index (Phi) is 4.40. The molecule has 0 aliphatic rings. The van der Waals surface area contributed by atoms with Crippen molar-refractivity contribution in [1.82, 2.24) is 10.2 Å². The molecule has 0 aliphatic heterocycles. The van der Waals surface area contributed by atoms with Crippen LogP contribution >= 0.6 is 11.3 Å². The lowest BCUT2D eigenvalue weighted by atomic mass is 10.3. The second-order valence-corrected chi connectivity index (χ2v) is 7.45. The number of aromatic nitrogens is 2. The summed E-state index contributed by atoms with van der Waals surface area (Å²) < 4.78 is 52.9. The minimum absolute atomic E-state index is 0.0218. The lowest BCUT2D eigenvalue weighted by Crippen LogP contribution is -2.13. The smallest absolute Gasteiger partial charge is 0.272 e. The predicted molar refractivity (Wildman–Crippen MR) is 86.8 cm³/mol. The predicted octanol–water partition coefficient (Wildman–Crippen LogP) is 3.36. The van der Waals surface area contributed by atoms with Crippen molar-refractivity contribution < 1.29 is 17.2 Å². The molecule has 3 rings (SSSR count). The lowest BCUT2D eigenvalue weighted by Gasteiger charge is -2.08. The van der Waals surface area contributed by atoms with Crippen LogP contribution in [0.2, 0.25) is 0 Å². The van der Waals surface area contributed by atoms with Gasteiger partial charge in [-0.05, 0) is 35.7 Å². The summed E-state index contributed by atoms with van der Waals surface area (Å²) >= 11 is 1.07. The van der Waals surface area contributed by atoms with E-state index in [0.29, 0.717) is 0 Å². The second kappa shape index (κ2) is 6.49. The Morgan fingerprint density at radius 1 is 1.00 bits per heavy atom. The van der Waals surface area contributed by atoms with Crippen molar-refractivity contribution in [3.63, 3.8) is 0 Å². The van der Waals surface area contributed by atoms with Crippen LogP contribution in [-0.2, 0) is 10.0 Å². The van der Waals surface area contributed by atoms with Gasteiger partial charge in [0.25, 0.3) is 10.0 Å². The number of benzene rings is 1. The van der Waals surface area contributed by atoms with E-state index in [4.69, 9.17) is 0 Å². The van der Waals surface area contributed by atoms with Crippen LogP contribution in [0, 0.1) is 11.6 Å². The molecule has 0 saturated heterocycles. The van der Waals surface area contributed by atoms with Gasteiger partial charge in [0.2, 0.25) is 0 Å². The van der Waals surface area contributed by atoms with Crippen LogP contribution in [-0.4, -0.2) is 18.6 Å². The van der Waals surface area contributed by atoms with Crippen LogP contribution in [0.1, 0.15) is 0 Å². The number of nitrogens with zero attached hydrogens (tertiary/aromatic N) is 2. The van der Waals surface area contributed by atoms with Gasteiger partial charge in [-0.1, -0.05) is 6.07 Å². The molecule has 0 amide bonds. The standard InChI is InChI=1S/C14H10F2N4O2S2/c15-9-3-4-11(10(16)8-9)17-12-5-6-13(19-18-12)20-24(21,22)14-2-1-7-23-14/h1-8H,(H,17,18)(H,19,20). The van der Waals surface area contributed by atoms with Crippen LogP contribution in [0.25, 0.3) is 0 Å². The Balaban J connectivity index is 1.74. The first kappa shape index (κ1) is 16.3. The van der Waals surface area contributed by atoms with Crippen LogP contribution < -0.4 is 10.0 Å². The second-order valence-electron chi connectivity index (χ2n) is 4.59. The van der Waals surface area contributed by atoms with E-state index in [1.165, 1.54) is 24.3 Å². The number of nitrogens with one attached hydrogen (secondary N) is 2. The van der Waals surface area contributed by atoms with Crippen molar-refractivity contribution in [3.05, 3.63) is 59.5 Å². The van der Waals surface area contributed by atoms with Crippen molar-refractivity contribution in [1.29, 1.82) is 0 Å². The van der Waals surface area contributed by atoms with Crippen molar-refractivity contribution in [2.24, 2.45) is 0 Å². The van der Waals surface area contributed by atoms with E-state index in [1.54, 1.807) is 11.4 Å². The largest absolute Gasteiger partial charge is 0.336 e. The van der Waals surface area contributed by atoms with Gasteiger partial charge in [-0.15, -0.1) is 21.5 Å². The van der Waals surface area contributed by atoms with Gasteiger partial charge in [-0.25, -0.2) is 17.2 Å². The minimum atomic E-state index is -3.71. The van der Waals surface area contributed by atoms with E-state index < -0.39 is 21.7 Å². The van der Waals surface area contributed by atoms with Gasteiger partial charge in [0.05, 0.1) is 5.69 Å². The summed E-state index contributed by atoms with van der Waals surface area (Å²) in [6, 6.07) is 8.94. The quantitative estimate of drug-likeness (QED) is 0.721. The molecule has 3 aromatic rings. The van der Waals surface area contributed by atoms with E-state index >= 15 is 0 Å². The van der Waals surface area contributed by atoms with E-state index in [2.05, 4.69) is 20.2 Å². The van der Waals surface area contributed by atoms with E-state index in [9.17, 15) is 17.2 Å². The molecular weight excluding hydrogens is 358 g/mol. The summed E-state index contributed by atoms with van der Waals surface area (Å²) in [6.45, 7) is 0. The van der Waals surface area contributed by atoms with Crippen LogP contribution in [0.4, 0.5) is 26.1 Å². The number of hydrogen-bond acceptors (Lipinski definition) is 6. The Labute approximate surface area is 140 Å². The van der Waals surface area contributed by atoms with Gasteiger partial charge in [0.1, 0.15) is 15.8 Å². The molecule has 0 radical (unpaired) electrons. The number of hydrogen-bond donors (Lipinski definition) is 2. The molecule has 10 heteroatoms. The zero-order valence-electron chi connectivity index (χ0n) is 11.9. The van der Waals surface area contributed by atoms with Crippen molar-refractivity contribution in [2.75, 3.05) is 10.0 Å². The Hall–Kier alpha value is -2.59. The highest BCUT2D eigenvalue weighted by Crippen LogP contribution is 2.21. The highest BCUT2D eigenvalue weighted by Gasteiger charge is 2.16. The molecule has 24 heavy (non-hydrogen) atoms. The zero-order valence-corrected chi connectivity index (χ0v) is 13.5. The molecule has 0 atom stereocenters. The zero-order chi connectivity index (χ0) is 17.2. The first-order valence-corrected chi connectivity index (χ1v) is 8.92. The first-order chi connectivity index (χ1) is 11.4. The maximum absolute atomic E-state index is 13.6. The molecule has 2 heterocycles. The summed E-state index contributed by atoms with van der Waals surface area (Å²) in [4.78, 5) is 0. The molecule has 124 valence electrons. The van der Waals surface area contributed by atoms with E-state index in [-0.39, 0.29) is 21.5 Å². The summed E-state index contributed by atoms with van der Waals surface area (Å²) in [7, 11) is -3.71. The summed E-state index contributed by atoms with van der Waals surface area (Å²) in [5.74, 6) is -1.27. The van der Waals surface area contributed by atoms with Gasteiger partial charge < -0.3 is 5.32 Å². The highest BCUT2D eigenvalue weighted by molar-refractivity contribution is 7.94. The molecule has 0 unspecified atom stereocenters. The fraction of sp³-hybridized carbons (Fsp3) is 0.